The van der Waals surface area contributed by atoms with Gasteiger partial charge in [-0.25, -0.2) is 0 Å². The van der Waals surface area contributed by atoms with Crippen molar-refractivity contribution in [2.45, 2.75) is 12.6 Å². The number of piperazine rings is 1. The summed E-state index contributed by atoms with van der Waals surface area (Å²) in [5, 5.41) is 4.22. The molecular formula is C25H21Cl3N2S2. The lowest BCUT2D eigenvalue weighted by Crippen LogP contribution is -2.48. The van der Waals surface area contributed by atoms with Crippen molar-refractivity contribution in [1.29, 1.82) is 0 Å². The minimum atomic E-state index is 0.177. The summed E-state index contributed by atoms with van der Waals surface area (Å²) in [4.78, 5) is 8.99. The SMILES string of the molecule is Clc1ccc(C2CN(Cc3ccc(-c4cccs4)s3)CCN2c2ccc(Cl)cc2Cl)cc1. The zero-order valence-electron chi connectivity index (χ0n) is 17.2. The highest BCUT2D eigenvalue weighted by atomic mass is 35.5. The molecule has 32 heavy (non-hydrogen) atoms. The topological polar surface area (TPSA) is 6.48 Å². The minimum absolute atomic E-state index is 0.177. The summed E-state index contributed by atoms with van der Waals surface area (Å²) in [6.45, 7) is 3.71. The summed E-state index contributed by atoms with van der Waals surface area (Å²) >= 11 is 22.6. The third-order valence-electron chi connectivity index (χ3n) is 5.74. The largest absolute Gasteiger partial charge is 0.361 e. The van der Waals surface area contributed by atoms with Gasteiger partial charge >= 0.3 is 0 Å². The molecule has 2 aromatic heterocycles. The Kier molecular flexibility index (Phi) is 6.79. The molecule has 1 unspecified atom stereocenters. The van der Waals surface area contributed by atoms with Gasteiger partial charge in [-0.2, -0.15) is 0 Å². The lowest BCUT2D eigenvalue weighted by atomic mass is 10.0. The van der Waals surface area contributed by atoms with Crippen LogP contribution in [0, 0.1) is 0 Å². The van der Waals surface area contributed by atoms with Crippen molar-refractivity contribution in [3.8, 4) is 9.75 Å². The van der Waals surface area contributed by atoms with Gasteiger partial charge in [0.1, 0.15) is 0 Å². The molecule has 1 aliphatic heterocycles. The Morgan fingerprint density at radius 1 is 0.844 bits per heavy atom. The molecule has 3 heterocycles. The van der Waals surface area contributed by atoms with E-state index in [0.717, 1.165) is 36.9 Å². The summed E-state index contributed by atoms with van der Waals surface area (Å²) in [6, 6.07) is 22.9. The van der Waals surface area contributed by atoms with E-state index >= 15 is 0 Å². The molecule has 0 saturated carbocycles. The van der Waals surface area contributed by atoms with Crippen molar-refractivity contribution < 1.29 is 0 Å². The molecule has 5 rings (SSSR count). The Hall–Kier alpha value is -1.53. The van der Waals surface area contributed by atoms with E-state index in [1.54, 1.807) is 11.3 Å². The molecule has 0 amide bonds. The Morgan fingerprint density at radius 2 is 1.66 bits per heavy atom. The van der Waals surface area contributed by atoms with Gasteiger partial charge in [0.15, 0.2) is 0 Å². The smallest absolute Gasteiger partial charge is 0.0670 e. The Labute approximate surface area is 211 Å². The molecule has 0 radical (unpaired) electrons. The Balaban J connectivity index is 1.39. The molecule has 4 aromatic rings. The average molecular weight is 520 g/mol. The molecule has 164 valence electrons. The Bertz CT molecular complexity index is 1190. The molecule has 1 saturated heterocycles. The molecule has 0 N–H and O–H groups in total. The fourth-order valence-corrected chi connectivity index (χ4v) is 6.72. The van der Waals surface area contributed by atoms with Crippen molar-refractivity contribution >= 4 is 63.2 Å². The van der Waals surface area contributed by atoms with Gasteiger partial charge in [0.05, 0.1) is 16.8 Å². The van der Waals surface area contributed by atoms with Crippen LogP contribution in [0.25, 0.3) is 9.75 Å². The fourth-order valence-electron chi connectivity index (χ4n) is 4.19. The summed E-state index contributed by atoms with van der Waals surface area (Å²) in [6.07, 6.45) is 0. The molecule has 1 fully saturated rings. The highest BCUT2D eigenvalue weighted by Gasteiger charge is 2.30. The maximum absolute atomic E-state index is 6.60. The maximum Gasteiger partial charge on any atom is 0.0670 e. The number of thiophene rings is 2. The third-order valence-corrected chi connectivity index (χ3v) is 8.67. The first-order valence-corrected chi connectivity index (χ1v) is 13.2. The van der Waals surface area contributed by atoms with Gasteiger partial charge in [0.2, 0.25) is 0 Å². The van der Waals surface area contributed by atoms with E-state index in [0.29, 0.717) is 10.0 Å². The first-order chi connectivity index (χ1) is 15.6. The van der Waals surface area contributed by atoms with Gasteiger partial charge in [-0.15, -0.1) is 22.7 Å². The number of anilines is 1. The molecule has 0 spiro atoms. The van der Waals surface area contributed by atoms with Crippen LogP contribution >= 0.6 is 57.5 Å². The fraction of sp³-hybridized carbons (Fsp3) is 0.200. The molecule has 7 heteroatoms. The van der Waals surface area contributed by atoms with Crippen LogP contribution in [0.5, 0.6) is 0 Å². The van der Waals surface area contributed by atoms with Gasteiger partial charge in [-0.05, 0) is 59.5 Å². The molecule has 0 aliphatic carbocycles. The number of hydrogen-bond donors (Lipinski definition) is 0. The predicted octanol–water partition coefficient (Wildman–Crippen LogP) is 8.50. The monoisotopic (exact) mass is 518 g/mol. The second kappa shape index (κ2) is 9.76. The summed E-state index contributed by atoms with van der Waals surface area (Å²) in [5.74, 6) is 0. The van der Waals surface area contributed by atoms with Gasteiger partial charge in [-0.3, -0.25) is 4.90 Å². The van der Waals surface area contributed by atoms with E-state index in [4.69, 9.17) is 34.8 Å². The van der Waals surface area contributed by atoms with Crippen molar-refractivity contribution in [2.24, 2.45) is 0 Å². The van der Waals surface area contributed by atoms with Crippen molar-refractivity contribution in [2.75, 3.05) is 24.5 Å². The molecule has 0 bridgehead atoms. The maximum atomic E-state index is 6.60. The summed E-state index contributed by atoms with van der Waals surface area (Å²) < 4.78 is 0. The van der Waals surface area contributed by atoms with Crippen molar-refractivity contribution in [3.05, 3.63) is 97.6 Å². The first kappa shape index (κ1) is 22.3. The molecule has 2 aromatic carbocycles. The Morgan fingerprint density at radius 3 is 2.41 bits per heavy atom. The number of halogens is 3. The number of hydrogen-bond acceptors (Lipinski definition) is 4. The number of benzene rings is 2. The second-order valence-corrected chi connectivity index (χ2v) is 11.2. The molecular weight excluding hydrogens is 499 g/mol. The van der Waals surface area contributed by atoms with Crippen molar-refractivity contribution in [3.63, 3.8) is 0 Å². The van der Waals surface area contributed by atoms with Crippen LogP contribution in [0.15, 0.2) is 72.1 Å². The van der Waals surface area contributed by atoms with Crippen LogP contribution in [0.3, 0.4) is 0 Å². The first-order valence-electron chi connectivity index (χ1n) is 10.4. The summed E-state index contributed by atoms with van der Waals surface area (Å²) in [5.41, 5.74) is 2.25. The van der Waals surface area contributed by atoms with E-state index in [2.05, 4.69) is 51.6 Å². The molecule has 2 nitrogen and oxygen atoms in total. The molecule has 1 atom stereocenters. The second-order valence-electron chi connectivity index (χ2n) is 7.83. The summed E-state index contributed by atoms with van der Waals surface area (Å²) in [7, 11) is 0. The van der Waals surface area contributed by atoms with Crippen molar-refractivity contribution in [1.82, 2.24) is 4.90 Å². The highest BCUT2D eigenvalue weighted by molar-refractivity contribution is 7.21. The standard InChI is InChI=1S/C25H21Cl3N2S2/c26-18-5-3-17(4-6-18)23-16-29(11-12-30(23)22-9-7-19(27)14-21(22)28)15-20-8-10-25(32-20)24-2-1-13-31-24/h1-10,13-14,23H,11-12,15-16H2. The van der Waals surface area contributed by atoms with E-state index in [1.807, 2.05) is 41.7 Å². The van der Waals surface area contributed by atoms with E-state index in [9.17, 15) is 0 Å². The zero-order chi connectivity index (χ0) is 22.1. The van der Waals surface area contributed by atoms with Gasteiger partial charge < -0.3 is 4.90 Å². The number of rotatable bonds is 5. The van der Waals surface area contributed by atoms with Crippen LogP contribution in [0.1, 0.15) is 16.5 Å². The highest BCUT2D eigenvalue weighted by Crippen LogP contribution is 2.38. The van der Waals surface area contributed by atoms with Crippen LogP contribution in [0.4, 0.5) is 5.69 Å². The minimum Gasteiger partial charge on any atom is -0.361 e. The average Bonchev–Trinajstić information content (AvgIpc) is 3.47. The zero-order valence-corrected chi connectivity index (χ0v) is 21.1. The van der Waals surface area contributed by atoms with E-state index in [-0.39, 0.29) is 6.04 Å². The lowest BCUT2D eigenvalue weighted by molar-refractivity contribution is 0.217. The van der Waals surface area contributed by atoms with Gasteiger partial charge in [0, 0.05) is 50.9 Å². The van der Waals surface area contributed by atoms with E-state index < -0.39 is 0 Å². The van der Waals surface area contributed by atoms with Gasteiger partial charge in [-0.1, -0.05) is 53.0 Å². The quantitative estimate of drug-likeness (QED) is 0.261. The van der Waals surface area contributed by atoms with Crippen LogP contribution in [0.2, 0.25) is 15.1 Å². The third kappa shape index (κ3) is 4.86. The van der Waals surface area contributed by atoms with Crippen LogP contribution < -0.4 is 4.90 Å². The number of nitrogens with zero attached hydrogens (tertiary/aromatic N) is 2. The van der Waals surface area contributed by atoms with E-state index in [1.165, 1.54) is 20.2 Å². The van der Waals surface area contributed by atoms with Crippen LogP contribution in [-0.2, 0) is 6.54 Å². The predicted molar refractivity (Wildman–Crippen MR) is 141 cm³/mol. The van der Waals surface area contributed by atoms with Crippen LogP contribution in [-0.4, -0.2) is 24.5 Å². The normalized spacial score (nSPS) is 17.1. The lowest BCUT2D eigenvalue weighted by Gasteiger charge is -2.43. The van der Waals surface area contributed by atoms with Gasteiger partial charge in [0.25, 0.3) is 0 Å². The molecule has 1 aliphatic rings.